The van der Waals surface area contributed by atoms with Crippen LogP contribution in [0.4, 0.5) is 0 Å². The third kappa shape index (κ3) is 5.29. The summed E-state index contributed by atoms with van der Waals surface area (Å²) in [5.74, 6) is 0.750. The molecule has 5 nitrogen and oxygen atoms in total. The Bertz CT molecular complexity index is 3860. The molecule has 8 aromatic carbocycles. The monoisotopic (exact) mass is 728 g/mol. The molecule has 0 unspecified atom stereocenters. The van der Waals surface area contributed by atoms with E-state index in [1.807, 2.05) is 109 Å². The van der Waals surface area contributed by atoms with Gasteiger partial charge in [0.05, 0.1) is 33.2 Å². The standard InChI is InChI=1S/C51H32N4O/c1-4-15-33(16-5-1)36-27-29-40-39-21-10-12-25-44(39)55(46(40)32-36)45-30-28-37(38-23-14-24-42-41-22-11-13-26-47(41)56-48(38)42)31-43(45)51-53-49(34-17-6-2-7-18-34)52-50(54-51)35-19-8-3-9-20-35/h1-32H/i1D,4D,5D,10D,12D,15D,16D,21D,25D,27D,29D,32D. The predicted octanol–water partition coefficient (Wildman–Crippen LogP) is 13.2. The Balaban J connectivity index is 1.33. The van der Waals surface area contributed by atoms with Gasteiger partial charge in [-0.3, -0.25) is 0 Å². The maximum Gasteiger partial charge on any atom is 0.166 e. The quantitative estimate of drug-likeness (QED) is 0.171. The van der Waals surface area contributed by atoms with Crippen molar-refractivity contribution in [2.24, 2.45) is 0 Å². The zero-order valence-corrected chi connectivity index (χ0v) is 29.2. The first kappa shape index (κ1) is 21.9. The lowest BCUT2D eigenvalue weighted by molar-refractivity contribution is 0.670. The average molecular weight is 729 g/mol. The van der Waals surface area contributed by atoms with Crippen molar-refractivity contribution in [3.63, 3.8) is 0 Å². The van der Waals surface area contributed by atoms with Crippen LogP contribution in [0.15, 0.2) is 198 Å². The third-order valence-corrected chi connectivity index (χ3v) is 9.80. The van der Waals surface area contributed by atoms with E-state index in [0.717, 1.165) is 10.8 Å². The second-order valence-corrected chi connectivity index (χ2v) is 13.1. The van der Waals surface area contributed by atoms with E-state index < -0.39 is 83.6 Å². The van der Waals surface area contributed by atoms with E-state index in [1.54, 1.807) is 12.1 Å². The number of hydrogen-bond acceptors (Lipinski definition) is 4. The van der Waals surface area contributed by atoms with Gasteiger partial charge < -0.3 is 8.98 Å². The normalized spacial score (nSPS) is 14.6. The first-order chi connectivity index (χ1) is 32.8. The van der Waals surface area contributed by atoms with Gasteiger partial charge in [0.15, 0.2) is 17.5 Å². The Labute approximate surface area is 339 Å². The fraction of sp³-hybridized carbons (Fsp3) is 0. The van der Waals surface area contributed by atoms with Crippen LogP contribution in [-0.2, 0) is 0 Å². The molecule has 0 amide bonds. The van der Waals surface area contributed by atoms with Crippen molar-refractivity contribution in [1.29, 1.82) is 0 Å². The minimum atomic E-state index is -0.706. The molecule has 0 aliphatic carbocycles. The Morgan fingerprint density at radius 2 is 1.09 bits per heavy atom. The van der Waals surface area contributed by atoms with Crippen molar-refractivity contribution in [3.8, 4) is 62.1 Å². The van der Waals surface area contributed by atoms with Gasteiger partial charge in [-0.2, -0.15) is 0 Å². The molecule has 0 saturated carbocycles. The van der Waals surface area contributed by atoms with Crippen LogP contribution in [0.5, 0.6) is 0 Å². The molecule has 0 atom stereocenters. The van der Waals surface area contributed by atoms with Gasteiger partial charge in [0.2, 0.25) is 0 Å². The highest BCUT2D eigenvalue weighted by Crippen LogP contribution is 2.41. The van der Waals surface area contributed by atoms with E-state index >= 15 is 0 Å². The molecule has 0 spiro atoms. The topological polar surface area (TPSA) is 56.7 Å². The largest absolute Gasteiger partial charge is 0.455 e. The number of furan rings is 1. The van der Waals surface area contributed by atoms with Crippen LogP contribution in [0.1, 0.15) is 16.4 Å². The molecular weight excluding hydrogens is 685 g/mol. The minimum absolute atomic E-state index is 0.128. The van der Waals surface area contributed by atoms with Crippen molar-refractivity contribution in [3.05, 3.63) is 194 Å². The number of benzene rings is 8. The molecule has 0 bridgehead atoms. The van der Waals surface area contributed by atoms with Crippen LogP contribution < -0.4 is 0 Å². The van der Waals surface area contributed by atoms with Gasteiger partial charge in [-0.05, 0) is 47.0 Å². The van der Waals surface area contributed by atoms with E-state index in [4.69, 9.17) is 29.0 Å². The van der Waals surface area contributed by atoms with E-state index in [-0.39, 0.29) is 33.3 Å². The van der Waals surface area contributed by atoms with Crippen LogP contribution in [0, 0.1) is 0 Å². The fourth-order valence-electron chi connectivity index (χ4n) is 7.23. The zero-order valence-electron chi connectivity index (χ0n) is 41.2. The molecule has 0 fully saturated rings. The molecule has 262 valence electrons. The molecular formula is C51H32N4O. The molecule has 0 radical (unpaired) electrons. The lowest BCUT2D eigenvalue weighted by atomic mass is 9.98. The Hall–Kier alpha value is -7.63. The number of nitrogens with zero attached hydrogens (tertiary/aromatic N) is 4. The summed E-state index contributed by atoms with van der Waals surface area (Å²) in [6.45, 7) is 0. The molecule has 11 aromatic rings. The number of hydrogen-bond donors (Lipinski definition) is 0. The fourth-order valence-corrected chi connectivity index (χ4v) is 7.23. The lowest BCUT2D eigenvalue weighted by Crippen LogP contribution is -2.04. The molecule has 0 aliphatic heterocycles. The van der Waals surface area contributed by atoms with Crippen LogP contribution in [0.25, 0.3) is 106 Å². The van der Waals surface area contributed by atoms with Gasteiger partial charge in [0.1, 0.15) is 11.2 Å². The average Bonchev–Trinajstić information content (AvgIpc) is 3.94. The van der Waals surface area contributed by atoms with Crippen molar-refractivity contribution in [1.82, 2.24) is 19.5 Å². The number of rotatable bonds is 6. The maximum atomic E-state index is 9.93. The first-order valence-corrected chi connectivity index (χ1v) is 17.8. The highest BCUT2D eigenvalue weighted by atomic mass is 16.3. The summed E-state index contributed by atoms with van der Waals surface area (Å²) in [5, 5.41) is 1.45. The van der Waals surface area contributed by atoms with Gasteiger partial charge >= 0.3 is 0 Å². The number of fused-ring (bicyclic) bond motifs is 6. The smallest absolute Gasteiger partial charge is 0.166 e. The van der Waals surface area contributed by atoms with Crippen LogP contribution in [0.3, 0.4) is 0 Å². The Morgan fingerprint density at radius 3 is 1.88 bits per heavy atom. The Kier molecular flexibility index (Phi) is 5.10. The summed E-state index contributed by atoms with van der Waals surface area (Å²) in [6.07, 6.45) is 0. The van der Waals surface area contributed by atoms with Crippen LogP contribution in [0.2, 0.25) is 0 Å². The summed E-state index contributed by atoms with van der Waals surface area (Å²) in [7, 11) is 0. The number of aromatic nitrogens is 4. The molecule has 3 aromatic heterocycles. The second kappa shape index (κ2) is 13.0. The van der Waals surface area contributed by atoms with Crippen LogP contribution >= 0.6 is 0 Å². The van der Waals surface area contributed by atoms with Gasteiger partial charge in [-0.15, -0.1) is 0 Å². The molecule has 5 heteroatoms. The van der Waals surface area contributed by atoms with Crippen molar-refractivity contribution >= 4 is 43.7 Å². The van der Waals surface area contributed by atoms with E-state index in [2.05, 4.69) is 0 Å². The second-order valence-electron chi connectivity index (χ2n) is 13.1. The molecule has 0 aliphatic rings. The summed E-state index contributed by atoms with van der Waals surface area (Å²) in [4.78, 5) is 15.0. The maximum absolute atomic E-state index is 9.93. The van der Waals surface area contributed by atoms with Gasteiger partial charge in [0, 0.05) is 43.8 Å². The molecule has 56 heavy (non-hydrogen) atoms. The summed E-state index contributed by atoms with van der Waals surface area (Å²) in [5.41, 5.74) is 3.20. The highest BCUT2D eigenvalue weighted by Gasteiger charge is 2.22. The molecule has 0 N–H and O–H groups in total. The SMILES string of the molecule is [2H]c1c([2H])c([2H])c(-c2c([2H])c([2H])c3c4c([2H])c([2H])c([2H])c([2H])c4n(-c4ccc(-c5cccc6c5oc5ccccc56)cc4-c4nc(-c5ccccc5)nc(-c5ccccc5)n4)c3c2[2H])c([2H])c1[2H]. The molecule has 0 saturated heterocycles. The van der Waals surface area contributed by atoms with Crippen molar-refractivity contribution in [2.75, 3.05) is 0 Å². The van der Waals surface area contributed by atoms with Gasteiger partial charge in [-0.25, -0.2) is 15.0 Å². The minimum Gasteiger partial charge on any atom is -0.455 e. The van der Waals surface area contributed by atoms with E-state index in [9.17, 15) is 6.85 Å². The Morgan fingerprint density at radius 1 is 0.429 bits per heavy atom. The van der Waals surface area contributed by atoms with E-state index in [0.29, 0.717) is 50.6 Å². The van der Waals surface area contributed by atoms with Gasteiger partial charge in [-0.1, -0.05) is 164 Å². The highest BCUT2D eigenvalue weighted by molar-refractivity contribution is 6.12. The zero-order chi connectivity index (χ0) is 47.4. The third-order valence-electron chi connectivity index (χ3n) is 9.80. The lowest BCUT2D eigenvalue weighted by Gasteiger charge is -2.17. The summed E-state index contributed by atoms with van der Waals surface area (Å²) >= 11 is 0. The summed E-state index contributed by atoms with van der Waals surface area (Å²) in [6, 6.07) is 29.8. The summed E-state index contributed by atoms with van der Waals surface area (Å²) < 4.78 is 116. The predicted molar refractivity (Wildman–Crippen MR) is 229 cm³/mol. The van der Waals surface area contributed by atoms with Crippen molar-refractivity contribution in [2.45, 2.75) is 0 Å². The number of para-hydroxylation sites is 3. The first-order valence-electron chi connectivity index (χ1n) is 23.8. The van der Waals surface area contributed by atoms with Crippen molar-refractivity contribution < 1.29 is 20.9 Å². The molecule has 3 heterocycles. The molecule has 11 rings (SSSR count). The van der Waals surface area contributed by atoms with E-state index in [1.165, 1.54) is 4.57 Å². The van der Waals surface area contributed by atoms with Gasteiger partial charge in [0.25, 0.3) is 0 Å². The van der Waals surface area contributed by atoms with Crippen LogP contribution in [-0.4, -0.2) is 19.5 Å².